The van der Waals surface area contributed by atoms with Crippen LogP contribution in [0.25, 0.3) is 5.82 Å². The average molecular weight is 377 g/mol. The molecule has 1 fully saturated rings. The number of aromatic nitrogens is 4. The topological polar surface area (TPSA) is 81.9 Å². The third-order valence-electron chi connectivity index (χ3n) is 5.12. The minimum atomic E-state index is -3.06. The molecule has 0 saturated carbocycles. The first kappa shape index (κ1) is 18.0. The lowest BCUT2D eigenvalue weighted by Crippen LogP contribution is -2.33. The van der Waals surface area contributed by atoms with E-state index in [4.69, 9.17) is 4.74 Å². The molecule has 27 heavy (non-hydrogen) atoms. The highest BCUT2D eigenvalue weighted by Gasteiger charge is 2.43. The normalized spacial score (nSPS) is 19.5. The monoisotopic (exact) mass is 377 g/mol. The van der Waals surface area contributed by atoms with Crippen molar-refractivity contribution < 1.29 is 18.3 Å². The van der Waals surface area contributed by atoms with E-state index in [-0.39, 0.29) is 23.6 Å². The number of hydrogen-bond acceptors (Lipinski definition) is 5. The number of hydrogen-bond donors (Lipinski definition) is 1. The summed E-state index contributed by atoms with van der Waals surface area (Å²) in [6.07, 6.45) is 6.43. The van der Waals surface area contributed by atoms with Gasteiger partial charge in [-0.1, -0.05) is 0 Å². The summed E-state index contributed by atoms with van der Waals surface area (Å²) in [6, 6.07) is 0. The maximum Gasteiger partial charge on any atom is 0.290 e. The van der Waals surface area contributed by atoms with E-state index in [0.717, 1.165) is 17.5 Å². The van der Waals surface area contributed by atoms with Gasteiger partial charge in [0.25, 0.3) is 11.8 Å². The predicted molar refractivity (Wildman–Crippen MR) is 91.9 cm³/mol. The van der Waals surface area contributed by atoms with Crippen LogP contribution in [-0.4, -0.2) is 45.4 Å². The summed E-state index contributed by atoms with van der Waals surface area (Å²) in [5.74, 6) is -2.96. The van der Waals surface area contributed by atoms with Gasteiger partial charge in [-0.3, -0.25) is 9.78 Å². The zero-order chi connectivity index (χ0) is 18.9. The van der Waals surface area contributed by atoms with Crippen molar-refractivity contribution in [2.75, 3.05) is 19.8 Å². The Balaban J connectivity index is 1.65. The standard InChI is InChI=1S/C18H21F2N5O2/c19-18(20)5-1-2-13-15(17(26)23-10-12-3-8-27-9-4-12)24-25(16(13)18)14-11-21-6-7-22-14/h6-7,11-12H,1-5,8-10H2,(H,23,26). The molecule has 9 heteroatoms. The number of amides is 1. The Labute approximate surface area is 155 Å². The molecule has 0 aromatic carbocycles. The van der Waals surface area contributed by atoms with Crippen LogP contribution in [0.15, 0.2) is 18.6 Å². The van der Waals surface area contributed by atoms with Crippen LogP contribution >= 0.6 is 0 Å². The summed E-state index contributed by atoms with van der Waals surface area (Å²) >= 11 is 0. The molecule has 0 unspecified atom stereocenters. The maximum absolute atomic E-state index is 14.6. The molecule has 2 aromatic heterocycles. The van der Waals surface area contributed by atoms with Crippen molar-refractivity contribution in [2.45, 2.75) is 38.0 Å². The van der Waals surface area contributed by atoms with Gasteiger partial charge < -0.3 is 10.1 Å². The number of fused-ring (bicyclic) bond motifs is 1. The molecule has 1 saturated heterocycles. The van der Waals surface area contributed by atoms with Gasteiger partial charge in [-0.15, -0.1) is 0 Å². The Bertz CT molecular complexity index is 819. The van der Waals surface area contributed by atoms with Gasteiger partial charge >= 0.3 is 0 Å². The molecule has 3 heterocycles. The van der Waals surface area contributed by atoms with Crippen LogP contribution in [0.3, 0.4) is 0 Å². The second-order valence-electron chi connectivity index (χ2n) is 6.97. The second-order valence-corrected chi connectivity index (χ2v) is 6.97. The fourth-order valence-electron chi connectivity index (χ4n) is 3.69. The first-order valence-electron chi connectivity index (χ1n) is 9.19. The van der Waals surface area contributed by atoms with Crippen molar-refractivity contribution >= 4 is 5.91 Å². The highest BCUT2D eigenvalue weighted by molar-refractivity contribution is 5.94. The van der Waals surface area contributed by atoms with Gasteiger partial charge in [0.05, 0.1) is 6.20 Å². The molecular weight excluding hydrogens is 356 g/mol. The Hall–Kier alpha value is -2.42. The Morgan fingerprint density at radius 3 is 2.89 bits per heavy atom. The van der Waals surface area contributed by atoms with Crippen molar-refractivity contribution in [3.63, 3.8) is 0 Å². The molecule has 1 aliphatic heterocycles. The number of nitrogens with zero attached hydrogens (tertiary/aromatic N) is 4. The molecule has 2 aromatic rings. The van der Waals surface area contributed by atoms with E-state index in [1.807, 2.05) is 0 Å². The van der Waals surface area contributed by atoms with Gasteiger partial charge in [0.1, 0.15) is 5.69 Å². The van der Waals surface area contributed by atoms with Crippen LogP contribution in [0, 0.1) is 5.92 Å². The molecule has 1 amide bonds. The van der Waals surface area contributed by atoms with E-state index in [1.165, 1.54) is 18.6 Å². The lowest BCUT2D eigenvalue weighted by atomic mass is 9.92. The minimum Gasteiger partial charge on any atom is -0.381 e. The molecule has 0 atom stereocenters. The largest absolute Gasteiger partial charge is 0.381 e. The van der Waals surface area contributed by atoms with Gasteiger partial charge in [-0.2, -0.15) is 13.9 Å². The van der Waals surface area contributed by atoms with Crippen LogP contribution in [-0.2, 0) is 17.1 Å². The molecule has 0 bridgehead atoms. The molecule has 0 spiro atoms. The van der Waals surface area contributed by atoms with Crippen molar-refractivity contribution in [1.29, 1.82) is 0 Å². The third-order valence-corrected chi connectivity index (χ3v) is 5.12. The lowest BCUT2D eigenvalue weighted by molar-refractivity contribution is -0.0283. The number of carbonyl (C=O) groups excluding carboxylic acids is 1. The minimum absolute atomic E-state index is 0.0575. The van der Waals surface area contributed by atoms with Gasteiger partial charge in [0.2, 0.25) is 0 Å². The number of halogens is 2. The number of rotatable bonds is 4. The highest BCUT2D eigenvalue weighted by atomic mass is 19.3. The molecule has 0 radical (unpaired) electrons. The number of carbonyl (C=O) groups is 1. The smallest absolute Gasteiger partial charge is 0.290 e. The molecule has 1 N–H and O–H groups in total. The van der Waals surface area contributed by atoms with E-state index >= 15 is 0 Å². The van der Waals surface area contributed by atoms with Crippen LogP contribution < -0.4 is 5.32 Å². The highest BCUT2D eigenvalue weighted by Crippen LogP contribution is 2.42. The van der Waals surface area contributed by atoms with Crippen LogP contribution in [0.2, 0.25) is 0 Å². The number of nitrogens with one attached hydrogen (secondary N) is 1. The Kier molecular flexibility index (Phi) is 4.86. The van der Waals surface area contributed by atoms with Crippen molar-refractivity contribution in [1.82, 2.24) is 25.1 Å². The van der Waals surface area contributed by atoms with Crippen LogP contribution in [0.1, 0.15) is 47.4 Å². The van der Waals surface area contributed by atoms with Gasteiger partial charge in [0, 0.05) is 44.1 Å². The molecule has 2 aliphatic rings. The van der Waals surface area contributed by atoms with Crippen LogP contribution in [0.5, 0.6) is 0 Å². The number of ether oxygens (including phenoxy) is 1. The van der Waals surface area contributed by atoms with E-state index in [1.54, 1.807) is 0 Å². The SMILES string of the molecule is O=C(NCC1CCOCC1)c1nn(-c2cnccn2)c2c1CCCC2(F)F. The zero-order valence-corrected chi connectivity index (χ0v) is 14.8. The van der Waals surface area contributed by atoms with Crippen molar-refractivity contribution in [3.8, 4) is 5.82 Å². The summed E-state index contributed by atoms with van der Waals surface area (Å²) < 4.78 is 35.7. The van der Waals surface area contributed by atoms with Gasteiger partial charge in [0.15, 0.2) is 11.5 Å². The molecule has 144 valence electrons. The molecule has 4 rings (SSSR count). The van der Waals surface area contributed by atoms with E-state index in [2.05, 4.69) is 20.4 Å². The quantitative estimate of drug-likeness (QED) is 0.884. The summed E-state index contributed by atoms with van der Waals surface area (Å²) in [6.45, 7) is 1.86. The van der Waals surface area contributed by atoms with Gasteiger partial charge in [-0.25, -0.2) is 9.67 Å². The summed E-state index contributed by atoms with van der Waals surface area (Å²) in [5, 5.41) is 7.08. The summed E-state index contributed by atoms with van der Waals surface area (Å²) in [5.41, 5.74) is 0.119. The lowest BCUT2D eigenvalue weighted by Gasteiger charge is -2.24. The van der Waals surface area contributed by atoms with Gasteiger partial charge in [-0.05, 0) is 31.6 Å². The molecular formula is C18H21F2N5O2. The Morgan fingerprint density at radius 2 is 2.15 bits per heavy atom. The zero-order valence-electron chi connectivity index (χ0n) is 14.8. The fraction of sp³-hybridized carbons (Fsp3) is 0.556. The van der Waals surface area contributed by atoms with Crippen LogP contribution in [0.4, 0.5) is 8.78 Å². The van der Waals surface area contributed by atoms with E-state index in [0.29, 0.717) is 44.1 Å². The molecule has 7 nitrogen and oxygen atoms in total. The second kappa shape index (κ2) is 7.30. The Morgan fingerprint density at radius 1 is 1.33 bits per heavy atom. The third kappa shape index (κ3) is 3.55. The first-order valence-corrected chi connectivity index (χ1v) is 9.19. The number of alkyl halides is 2. The van der Waals surface area contributed by atoms with Crippen molar-refractivity contribution in [2.24, 2.45) is 5.92 Å². The average Bonchev–Trinajstić information content (AvgIpc) is 3.09. The summed E-state index contributed by atoms with van der Waals surface area (Å²) in [7, 11) is 0. The fourth-order valence-corrected chi connectivity index (χ4v) is 3.69. The summed E-state index contributed by atoms with van der Waals surface area (Å²) in [4.78, 5) is 20.7. The van der Waals surface area contributed by atoms with E-state index in [9.17, 15) is 13.6 Å². The predicted octanol–water partition coefficient (Wildman–Crippen LogP) is 2.25. The molecule has 1 aliphatic carbocycles. The van der Waals surface area contributed by atoms with Crippen molar-refractivity contribution in [3.05, 3.63) is 35.5 Å². The van der Waals surface area contributed by atoms with E-state index < -0.39 is 11.8 Å². The first-order chi connectivity index (χ1) is 13.1. The maximum atomic E-state index is 14.6.